The first-order chi connectivity index (χ1) is 17.3. The van der Waals surface area contributed by atoms with Crippen LogP contribution in [0.15, 0.2) is 76.2 Å². The van der Waals surface area contributed by atoms with Crippen molar-refractivity contribution in [3.8, 4) is 17.3 Å². The fraction of sp³-hybridized carbons (Fsp3) is 0.222. The number of pyridine rings is 1. The van der Waals surface area contributed by atoms with E-state index in [0.717, 1.165) is 17.0 Å². The Kier molecular flexibility index (Phi) is 6.39. The summed E-state index contributed by atoms with van der Waals surface area (Å²) in [4.78, 5) is 17.7. The van der Waals surface area contributed by atoms with Crippen LogP contribution in [-0.4, -0.2) is 36.1 Å². The summed E-state index contributed by atoms with van der Waals surface area (Å²) in [6, 6.07) is 19.0. The first kappa shape index (κ1) is 23.9. The molecule has 5 rings (SSSR count). The largest absolute Gasteiger partial charge is 0.443 e. The van der Waals surface area contributed by atoms with E-state index in [1.165, 1.54) is 28.6 Å². The van der Waals surface area contributed by atoms with Gasteiger partial charge in [-0.1, -0.05) is 18.2 Å². The van der Waals surface area contributed by atoms with Crippen LogP contribution in [0.3, 0.4) is 0 Å². The lowest BCUT2D eigenvalue weighted by Crippen LogP contribution is -2.40. The third-order valence-electron chi connectivity index (χ3n) is 6.34. The molecular formula is C27H22FN3O4S. The number of hydrogen-bond donors (Lipinski definition) is 0. The predicted molar refractivity (Wildman–Crippen MR) is 131 cm³/mol. The SMILES string of the molecule is N#Cc1ccc(-c2cccc(CCC(=O)[C@@H]3CCCN3S(=O)(=O)c3cc4cc(F)ccc4o3)n2)cc1. The van der Waals surface area contributed by atoms with Crippen LogP contribution >= 0.6 is 0 Å². The standard InChI is InChI=1S/C27H22FN3O4S/c28-21-10-13-26-20(15-21)16-27(35-26)36(33,34)31-14-2-5-24(31)25(32)12-11-22-3-1-4-23(30-22)19-8-6-18(17-29)7-9-19/h1,3-4,6-10,13,15-16,24H,2,5,11-12,14H2/t24-/m0/s1. The number of carbonyl (C=O) groups is 1. The van der Waals surface area contributed by atoms with Crippen molar-refractivity contribution in [2.45, 2.75) is 36.8 Å². The normalized spacial score (nSPS) is 16.3. The van der Waals surface area contributed by atoms with Gasteiger partial charge >= 0.3 is 0 Å². The van der Waals surface area contributed by atoms with E-state index in [1.807, 2.05) is 30.3 Å². The van der Waals surface area contributed by atoms with Crippen molar-refractivity contribution in [1.29, 1.82) is 5.26 Å². The molecule has 182 valence electrons. The predicted octanol–water partition coefficient (Wildman–Crippen LogP) is 4.86. The van der Waals surface area contributed by atoms with E-state index in [4.69, 9.17) is 9.68 Å². The maximum atomic E-state index is 13.5. The van der Waals surface area contributed by atoms with Crippen LogP contribution in [0.1, 0.15) is 30.5 Å². The molecule has 0 amide bonds. The lowest BCUT2D eigenvalue weighted by molar-refractivity contribution is -0.122. The van der Waals surface area contributed by atoms with Crippen molar-refractivity contribution >= 4 is 26.8 Å². The van der Waals surface area contributed by atoms with Crippen LogP contribution in [-0.2, 0) is 21.2 Å². The zero-order valence-corrected chi connectivity index (χ0v) is 20.0. The first-order valence-corrected chi connectivity index (χ1v) is 13.0. The number of benzene rings is 2. The molecule has 3 heterocycles. The fourth-order valence-corrected chi connectivity index (χ4v) is 6.12. The monoisotopic (exact) mass is 503 g/mol. The van der Waals surface area contributed by atoms with Crippen molar-refractivity contribution in [3.63, 3.8) is 0 Å². The topological polar surface area (TPSA) is 104 Å². The van der Waals surface area contributed by atoms with Crippen LogP contribution in [0.5, 0.6) is 0 Å². The van der Waals surface area contributed by atoms with Gasteiger partial charge in [0.2, 0.25) is 5.09 Å². The zero-order chi connectivity index (χ0) is 25.3. The summed E-state index contributed by atoms with van der Waals surface area (Å²) in [5, 5.41) is 9.03. The molecule has 0 bridgehead atoms. The highest BCUT2D eigenvalue weighted by atomic mass is 32.2. The van der Waals surface area contributed by atoms with Crippen LogP contribution in [0, 0.1) is 17.1 Å². The molecule has 1 aliphatic rings. The third kappa shape index (κ3) is 4.65. The molecule has 0 spiro atoms. The Balaban J connectivity index is 1.30. The number of fused-ring (bicyclic) bond motifs is 1. The van der Waals surface area contributed by atoms with Crippen molar-refractivity contribution in [3.05, 3.63) is 83.8 Å². The summed E-state index contributed by atoms with van der Waals surface area (Å²) in [6.45, 7) is 0.219. The number of hydrogen-bond acceptors (Lipinski definition) is 6. The zero-order valence-electron chi connectivity index (χ0n) is 19.2. The first-order valence-electron chi connectivity index (χ1n) is 11.6. The fourth-order valence-electron chi connectivity index (χ4n) is 4.50. The van der Waals surface area contributed by atoms with E-state index < -0.39 is 21.9 Å². The second-order valence-electron chi connectivity index (χ2n) is 8.69. The molecule has 0 saturated carbocycles. The molecule has 36 heavy (non-hydrogen) atoms. The average Bonchev–Trinajstić information content (AvgIpc) is 3.56. The molecule has 0 aliphatic carbocycles. The molecule has 1 fully saturated rings. The van der Waals surface area contributed by atoms with Gasteiger partial charge in [0.05, 0.1) is 23.4 Å². The van der Waals surface area contributed by atoms with E-state index in [1.54, 1.807) is 12.1 Å². The number of Topliss-reactive ketones (excluding diaryl/α,β-unsaturated/α-hetero) is 1. The Hall–Kier alpha value is -3.87. The molecule has 0 N–H and O–H groups in total. The summed E-state index contributed by atoms with van der Waals surface area (Å²) >= 11 is 0. The molecule has 1 aliphatic heterocycles. The number of aryl methyl sites for hydroxylation is 1. The Morgan fingerprint density at radius 2 is 1.94 bits per heavy atom. The number of sulfonamides is 1. The molecule has 1 saturated heterocycles. The van der Waals surface area contributed by atoms with Crippen molar-refractivity contribution in [2.24, 2.45) is 0 Å². The number of carbonyl (C=O) groups excluding carboxylic acids is 1. The molecule has 2 aromatic heterocycles. The number of nitrogens with zero attached hydrogens (tertiary/aromatic N) is 3. The van der Waals surface area contributed by atoms with Gasteiger partial charge in [0, 0.05) is 35.7 Å². The average molecular weight is 504 g/mol. The van der Waals surface area contributed by atoms with Gasteiger partial charge in [0.25, 0.3) is 10.0 Å². The van der Waals surface area contributed by atoms with E-state index in [2.05, 4.69) is 11.1 Å². The summed E-state index contributed by atoms with van der Waals surface area (Å²) in [7, 11) is -4.05. The lowest BCUT2D eigenvalue weighted by atomic mass is 10.0. The van der Waals surface area contributed by atoms with Crippen molar-refractivity contribution in [1.82, 2.24) is 9.29 Å². The summed E-state index contributed by atoms with van der Waals surface area (Å²) in [5.41, 5.74) is 3.14. The summed E-state index contributed by atoms with van der Waals surface area (Å²) in [6.07, 6.45) is 1.52. The second kappa shape index (κ2) is 9.64. The van der Waals surface area contributed by atoms with Crippen LogP contribution in [0.4, 0.5) is 4.39 Å². The highest BCUT2D eigenvalue weighted by molar-refractivity contribution is 7.89. The maximum absolute atomic E-state index is 13.5. The minimum absolute atomic E-state index is 0.145. The molecule has 0 unspecified atom stereocenters. The smallest absolute Gasteiger partial charge is 0.277 e. The van der Waals surface area contributed by atoms with Gasteiger partial charge in [0.1, 0.15) is 11.4 Å². The van der Waals surface area contributed by atoms with Crippen LogP contribution in [0.2, 0.25) is 0 Å². The minimum Gasteiger partial charge on any atom is -0.443 e. The highest BCUT2D eigenvalue weighted by Crippen LogP contribution is 2.31. The number of furan rings is 1. The maximum Gasteiger partial charge on any atom is 0.277 e. The van der Waals surface area contributed by atoms with Gasteiger partial charge in [0.15, 0.2) is 5.78 Å². The van der Waals surface area contributed by atoms with E-state index in [-0.39, 0.29) is 29.4 Å². The lowest BCUT2D eigenvalue weighted by Gasteiger charge is -2.21. The van der Waals surface area contributed by atoms with Gasteiger partial charge in [-0.15, -0.1) is 0 Å². The third-order valence-corrected chi connectivity index (χ3v) is 8.10. The van der Waals surface area contributed by atoms with Crippen molar-refractivity contribution < 1.29 is 22.0 Å². The van der Waals surface area contributed by atoms with Gasteiger partial charge in [-0.25, -0.2) is 12.8 Å². The van der Waals surface area contributed by atoms with Gasteiger partial charge in [-0.3, -0.25) is 9.78 Å². The van der Waals surface area contributed by atoms with Crippen LogP contribution in [0.25, 0.3) is 22.2 Å². The van der Waals surface area contributed by atoms with E-state index in [0.29, 0.717) is 30.2 Å². The minimum atomic E-state index is -4.05. The number of nitriles is 1. The quantitative estimate of drug-likeness (QED) is 0.357. The summed E-state index contributed by atoms with van der Waals surface area (Å²) in [5.74, 6) is -0.665. The number of rotatable bonds is 7. The second-order valence-corrected chi connectivity index (χ2v) is 10.5. The van der Waals surface area contributed by atoms with Gasteiger partial charge in [-0.2, -0.15) is 9.57 Å². The van der Waals surface area contributed by atoms with Crippen molar-refractivity contribution in [2.75, 3.05) is 6.54 Å². The van der Waals surface area contributed by atoms with E-state index in [9.17, 15) is 17.6 Å². The summed E-state index contributed by atoms with van der Waals surface area (Å²) < 4.78 is 46.8. The Morgan fingerprint density at radius 3 is 2.72 bits per heavy atom. The molecule has 7 nitrogen and oxygen atoms in total. The molecule has 0 radical (unpaired) electrons. The molecular weight excluding hydrogens is 481 g/mol. The van der Waals surface area contributed by atoms with Crippen LogP contribution < -0.4 is 0 Å². The Bertz CT molecular complexity index is 1590. The van der Waals surface area contributed by atoms with E-state index >= 15 is 0 Å². The van der Waals surface area contributed by atoms with Gasteiger partial charge in [-0.05, 0) is 61.7 Å². The number of halogens is 1. The molecule has 9 heteroatoms. The Labute approximate surface area is 207 Å². The molecule has 4 aromatic rings. The Morgan fingerprint density at radius 1 is 1.14 bits per heavy atom. The molecule has 2 aromatic carbocycles. The number of ketones is 1. The van der Waals surface area contributed by atoms with Gasteiger partial charge < -0.3 is 4.42 Å². The molecule has 1 atom stereocenters. The number of aromatic nitrogens is 1. The highest BCUT2D eigenvalue weighted by Gasteiger charge is 2.40.